The lowest BCUT2D eigenvalue weighted by Crippen LogP contribution is -2.08. The zero-order valence-corrected chi connectivity index (χ0v) is 11.8. The highest BCUT2D eigenvalue weighted by Gasteiger charge is 2.08. The molecule has 0 fully saturated rings. The summed E-state index contributed by atoms with van der Waals surface area (Å²) < 4.78 is 0. The van der Waals surface area contributed by atoms with Crippen LogP contribution in [0.2, 0.25) is 0 Å². The van der Waals surface area contributed by atoms with Gasteiger partial charge in [0.15, 0.2) is 0 Å². The van der Waals surface area contributed by atoms with Gasteiger partial charge in [-0.05, 0) is 57.6 Å². The molecular formula is C16H21N3. The summed E-state index contributed by atoms with van der Waals surface area (Å²) in [5.41, 5.74) is 4.16. The van der Waals surface area contributed by atoms with Gasteiger partial charge >= 0.3 is 0 Å². The van der Waals surface area contributed by atoms with Crippen LogP contribution in [-0.4, -0.2) is 11.5 Å². The maximum Gasteiger partial charge on any atom is 0.144 e. The number of rotatable bonds is 4. The van der Waals surface area contributed by atoms with Gasteiger partial charge in [-0.3, -0.25) is 0 Å². The van der Waals surface area contributed by atoms with Gasteiger partial charge in [0.1, 0.15) is 11.9 Å². The van der Waals surface area contributed by atoms with Crippen molar-refractivity contribution in [2.75, 3.05) is 11.9 Å². The highest BCUT2D eigenvalue weighted by atomic mass is 15.0. The number of nitrogens with one attached hydrogen (secondary N) is 1. The van der Waals surface area contributed by atoms with Crippen molar-refractivity contribution in [2.24, 2.45) is 0 Å². The highest BCUT2D eigenvalue weighted by Crippen LogP contribution is 2.21. The van der Waals surface area contributed by atoms with E-state index in [1.807, 2.05) is 19.9 Å². The molecule has 0 saturated heterocycles. The Bertz CT molecular complexity index is 524. The largest absolute Gasteiger partial charge is 0.369 e. The first-order valence-electron chi connectivity index (χ1n) is 7.01. The predicted molar refractivity (Wildman–Crippen MR) is 78.1 cm³/mol. The standard InChI is InChI=1S/C16H21N3/c1-12-10-13(2)19-16(15(12)11-17)18-9-8-14-6-4-3-5-7-14/h6,10H,3-5,7-9H2,1-2H3,(H,18,19). The molecule has 19 heavy (non-hydrogen) atoms. The number of anilines is 1. The van der Waals surface area contributed by atoms with Crippen LogP contribution in [0.5, 0.6) is 0 Å². The van der Waals surface area contributed by atoms with E-state index >= 15 is 0 Å². The van der Waals surface area contributed by atoms with Gasteiger partial charge < -0.3 is 5.32 Å². The molecule has 1 N–H and O–H groups in total. The Kier molecular flexibility index (Phi) is 4.57. The van der Waals surface area contributed by atoms with Crippen LogP contribution in [0.25, 0.3) is 0 Å². The van der Waals surface area contributed by atoms with Gasteiger partial charge in [-0.15, -0.1) is 0 Å². The third-order valence-corrected chi connectivity index (χ3v) is 3.58. The molecule has 1 heterocycles. The van der Waals surface area contributed by atoms with Crippen LogP contribution >= 0.6 is 0 Å². The van der Waals surface area contributed by atoms with Gasteiger partial charge in [0, 0.05) is 12.2 Å². The Hall–Kier alpha value is -1.82. The second kappa shape index (κ2) is 6.38. The van der Waals surface area contributed by atoms with Crippen LogP contribution in [0.1, 0.15) is 48.9 Å². The predicted octanol–water partition coefficient (Wildman–Crippen LogP) is 3.87. The van der Waals surface area contributed by atoms with E-state index in [4.69, 9.17) is 0 Å². The van der Waals surface area contributed by atoms with Crippen LogP contribution < -0.4 is 5.32 Å². The van der Waals surface area contributed by atoms with E-state index in [1.54, 1.807) is 5.57 Å². The van der Waals surface area contributed by atoms with Crippen molar-refractivity contribution in [3.05, 3.63) is 34.5 Å². The van der Waals surface area contributed by atoms with Crippen molar-refractivity contribution in [2.45, 2.75) is 46.0 Å². The Balaban J connectivity index is 1.99. The molecule has 1 aromatic rings. The second-order valence-corrected chi connectivity index (χ2v) is 5.20. The van der Waals surface area contributed by atoms with Crippen molar-refractivity contribution in [1.82, 2.24) is 4.98 Å². The number of nitrogens with zero attached hydrogens (tertiary/aromatic N) is 2. The average Bonchev–Trinajstić information content (AvgIpc) is 2.39. The number of allylic oxidation sites excluding steroid dienone is 1. The highest BCUT2D eigenvalue weighted by molar-refractivity contribution is 5.56. The molecule has 0 unspecified atom stereocenters. The lowest BCUT2D eigenvalue weighted by atomic mass is 9.97. The molecule has 1 aliphatic carbocycles. The third kappa shape index (κ3) is 3.57. The van der Waals surface area contributed by atoms with Gasteiger partial charge in [0.2, 0.25) is 0 Å². The van der Waals surface area contributed by atoms with Crippen molar-refractivity contribution in [3.63, 3.8) is 0 Å². The van der Waals surface area contributed by atoms with E-state index in [2.05, 4.69) is 22.4 Å². The Labute approximate surface area is 115 Å². The average molecular weight is 255 g/mol. The summed E-state index contributed by atoms with van der Waals surface area (Å²) >= 11 is 0. The van der Waals surface area contributed by atoms with Gasteiger partial charge in [-0.2, -0.15) is 5.26 Å². The summed E-state index contributed by atoms with van der Waals surface area (Å²) in [6.07, 6.45) is 8.52. The minimum absolute atomic E-state index is 0.670. The number of hydrogen-bond donors (Lipinski definition) is 1. The second-order valence-electron chi connectivity index (χ2n) is 5.20. The SMILES string of the molecule is Cc1cc(C)c(C#N)c(NCCC2=CCCCC2)n1. The maximum absolute atomic E-state index is 9.20. The van der Waals surface area contributed by atoms with E-state index in [-0.39, 0.29) is 0 Å². The summed E-state index contributed by atoms with van der Waals surface area (Å²) in [4.78, 5) is 4.43. The number of nitriles is 1. The van der Waals surface area contributed by atoms with Crippen molar-refractivity contribution in [1.29, 1.82) is 5.26 Å². The summed E-state index contributed by atoms with van der Waals surface area (Å²) in [6.45, 7) is 4.78. The zero-order chi connectivity index (χ0) is 13.7. The molecule has 0 amide bonds. The van der Waals surface area contributed by atoms with E-state index in [0.29, 0.717) is 5.56 Å². The van der Waals surface area contributed by atoms with Crippen molar-refractivity contribution in [3.8, 4) is 6.07 Å². The fraction of sp³-hybridized carbons (Fsp3) is 0.500. The van der Waals surface area contributed by atoms with E-state index in [9.17, 15) is 5.26 Å². The van der Waals surface area contributed by atoms with Crippen LogP contribution in [0.4, 0.5) is 5.82 Å². The van der Waals surface area contributed by atoms with Crippen LogP contribution in [0.15, 0.2) is 17.7 Å². The lowest BCUT2D eigenvalue weighted by molar-refractivity contribution is 0.679. The fourth-order valence-electron chi connectivity index (χ4n) is 2.58. The molecule has 2 rings (SSSR count). The number of aryl methyl sites for hydroxylation is 2. The Morgan fingerprint density at radius 1 is 1.37 bits per heavy atom. The maximum atomic E-state index is 9.20. The van der Waals surface area contributed by atoms with Crippen molar-refractivity contribution < 1.29 is 0 Å². The van der Waals surface area contributed by atoms with Crippen LogP contribution in [0, 0.1) is 25.2 Å². The molecule has 100 valence electrons. The molecule has 0 saturated carbocycles. The molecule has 1 aromatic heterocycles. The van der Waals surface area contributed by atoms with Gasteiger partial charge in [0.05, 0.1) is 5.56 Å². The van der Waals surface area contributed by atoms with Gasteiger partial charge in [-0.25, -0.2) is 4.98 Å². The van der Waals surface area contributed by atoms with E-state index < -0.39 is 0 Å². The minimum atomic E-state index is 0.670. The number of pyridine rings is 1. The summed E-state index contributed by atoms with van der Waals surface area (Å²) in [5, 5.41) is 12.5. The minimum Gasteiger partial charge on any atom is -0.369 e. The molecular weight excluding hydrogens is 234 g/mol. The molecule has 1 aliphatic rings. The van der Waals surface area contributed by atoms with Gasteiger partial charge in [-0.1, -0.05) is 11.6 Å². The van der Waals surface area contributed by atoms with Gasteiger partial charge in [0.25, 0.3) is 0 Å². The Morgan fingerprint density at radius 3 is 2.89 bits per heavy atom. The van der Waals surface area contributed by atoms with Crippen LogP contribution in [0.3, 0.4) is 0 Å². The Morgan fingerprint density at radius 2 is 2.21 bits per heavy atom. The molecule has 0 radical (unpaired) electrons. The smallest absolute Gasteiger partial charge is 0.144 e. The third-order valence-electron chi connectivity index (χ3n) is 3.58. The number of hydrogen-bond acceptors (Lipinski definition) is 3. The van der Waals surface area contributed by atoms with Crippen LogP contribution in [-0.2, 0) is 0 Å². The topological polar surface area (TPSA) is 48.7 Å². The van der Waals surface area contributed by atoms with E-state index in [0.717, 1.165) is 30.0 Å². The normalized spacial score (nSPS) is 14.7. The summed E-state index contributed by atoms with van der Waals surface area (Å²) in [6, 6.07) is 4.19. The molecule has 0 bridgehead atoms. The first-order valence-corrected chi connectivity index (χ1v) is 7.01. The molecule has 0 aliphatic heterocycles. The van der Waals surface area contributed by atoms with E-state index in [1.165, 1.54) is 25.7 Å². The molecule has 0 atom stereocenters. The molecule has 0 spiro atoms. The zero-order valence-electron chi connectivity index (χ0n) is 11.8. The quantitative estimate of drug-likeness (QED) is 0.831. The first kappa shape index (κ1) is 13.6. The molecule has 3 heteroatoms. The summed E-state index contributed by atoms with van der Waals surface area (Å²) in [7, 11) is 0. The number of aromatic nitrogens is 1. The molecule has 3 nitrogen and oxygen atoms in total. The fourth-order valence-corrected chi connectivity index (χ4v) is 2.58. The lowest BCUT2D eigenvalue weighted by Gasteiger charge is -2.14. The first-order chi connectivity index (χ1) is 9.20. The van der Waals surface area contributed by atoms with Crippen molar-refractivity contribution >= 4 is 5.82 Å². The molecule has 0 aromatic carbocycles. The summed E-state index contributed by atoms with van der Waals surface area (Å²) in [5.74, 6) is 0.733. The monoisotopic (exact) mass is 255 g/mol.